The van der Waals surface area contributed by atoms with E-state index in [0.29, 0.717) is 6.54 Å². The summed E-state index contributed by atoms with van der Waals surface area (Å²) in [6, 6.07) is 3.66. The Morgan fingerprint density at radius 3 is 2.83 bits per heavy atom. The second-order valence-electron chi connectivity index (χ2n) is 4.24. The molecule has 1 aliphatic rings. The van der Waals surface area contributed by atoms with Gasteiger partial charge in [-0.3, -0.25) is 0 Å². The lowest BCUT2D eigenvalue weighted by Crippen LogP contribution is -2.45. The molecule has 0 bridgehead atoms. The smallest absolute Gasteiger partial charge is 0.240 e. The lowest BCUT2D eigenvalue weighted by atomic mass is 10.1. The van der Waals surface area contributed by atoms with Gasteiger partial charge in [0.2, 0.25) is 10.0 Å². The normalized spacial score (nSPS) is 20.9. The average Bonchev–Trinajstić information content (AvgIpc) is 2.33. The molecule has 0 unspecified atom stereocenters. The fourth-order valence-electron chi connectivity index (χ4n) is 1.88. The van der Waals surface area contributed by atoms with E-state index in [0.717, 1.165) is 25.5 Å². The molecular formula is C11H14BrFN2O2S. The maximum Gasteiger partial charge on any atom is 0.240 e. The summed E-state index contributed by atoms with van der Waals surface area (Å²) in [7, 11) is -3.65. The van der Waals surface area contributed by atoms with Crippen LogP contribution in [0.15, 0.2) is 27.6 Å². The summed E-state index contributed by atoms with van der Waals surface area (Å²) in [4.78, 5) is -0.0474. The van der Waals surface area contributed by atoms with Crippen LogP contribution in [0.3, 0.4) is 0 Å². The third kappa shape index (κ3) is 3.28. The fraction of sp³-hybridized carbons (Fsp3) is 0.455. The van der Waals surface area contributed by atoms with Crippen LogP contribution in [0.1, 0.15) is 12.8 Å². The quantitative estimate of drug-likeness (QED) is 0.881. The molecule has 0 saturated carbocycles. The van der Waals surface area contributed by atoms with Gasteiger partial charge in [-0.25, -0.2) is 17.5 Å². The Hall–Kier alpha value is -0.500. The van der Waals surface area contributed by atoms with E-state index in [1.54, 1.807) is 0 Å². The van der Waals surface area contributed by atoms with Gasteiger partial charge in [-0.1, -0.05) is 0 Å². The zero-order valence-corrected chi connectivity index (χ0v) is 12.0. The molecule has 1 heterocycles. The minimum absolute atomic E-state index is 0.0474. The van der Waals surface area contributed by atoms with Crippen molar-refractivity contribution in [3.63, 3.8) is 0 Å². The zero-order chi connectivity index (χ0) is 13.2. The zero-order valence-electron chi connectivity index (χ0n) is 9.62. The predicted octanol–water partition coefficient (Wildman–Crippen LogP) is 1.62. The molecule has 2 rings (SSSR count). The second kappa shape index (κ2) is 5.64. The minimum Gasteiger partial charge on any atom is -0.315 e. The molecule has 1 fully saturated rings. The van der Waals surface area contributed by atoms with Crippen molar-refractivity contribution in [1.29, 1.82) is 0 Å². The van der Waals surface area contributed by atoms with Gasteiger partial charge in [-0.15, -0.1) is 0 Å². The van der Waals surface area contributed by atoms with Gasteiger partial charge in [-0.2, -0.15) is 0 Å². The molecule has 1 aromatic rings. The van der Waals surface area contributed by atoms with Crippen LogP contribution in [-0.2, 0) is 10.0 Å². The number of nitrogens with one attached hydrogen (secondary N) is 2. The van der Waals surface area contributed by atoms with E-state index in [4.69, 9.17) is 0 Å². The summed E-state index contributed by atoms with van der Waals surface area (Å²) >= 11 is 2.99. The number of halogens is 2. The molecule has 0 spiro atoms. The van der Waals surface area contributed by atoms with Gasteiger partial charge in [0.1, 0.15) is 5.82 Å². The van der Waals surface area contributed by atoms with E-state index in [2.05, 4.69) is 26.0 Å². The van der Waals surface area contributed by atoms with Crippen LogP contribution in [-0.4, -0.2) is 27.5 Å². The third-order valence-corrected chi connectivity index (χ3v) is 4.98. The van der Waals surface area contributed by atoms with Crippen molar-refractivity contribution in [2.24, 2.45) is 0 Å². The molecule has 1 atom stereocenters. The molecule has 100 valence electrons. The predicted molar refractivity (Wildman–Crippen MR) is 70.3 cm³/mol. The number of hydrogen-bond donors (Lipinski definition) is 2. The Labute approximate surface area is 114 Å². The SMILES string of the molecule is O=S(=O)(N[C@@H]1CCCNC1)c1ccc(Br)c(F)c1. The van der Waals surface area contributed by atoms with Gasteiger partial charge in [0.15, 0.2) is 0 Å². The number of piperidine rings is 1. The van der Waals surface area contributed by atoms with Crippen LogP contribution in [0.25, 0.3) is 0 Å². The van der Waals surface area contributed by atoms with E-state index < -0.39 is 15.8 Å². The Morgan fingerprint density at radius 1 is 1.44 bits per heavy atom. The Kier molecular flexibility index (Phi) is 4.37. The van der Waals surface area contributed by atoms with E-state index in [1.807, 2.05) is 0 Å². The first-order chi connectivity index (χ1) is 8.49. The Balaban J connectivity index is 2.16. The summed E-state index contributed by atoms with van der Waals surface area (Å²) in [5.74, 6) is -0.584. The molecule has 0 amide bonds. The molecule has 4 nitrogen and oxygen atoms in total. The van der Waals surface area contributed by atoms with Gasteiger partial charge in [0, 0.05) is 12.6 Å². The highest BCUT2D eigenvalue weighted by atomic mass is 79.9. The van der Waals surface area contributed by atoms with E-state index >= 15 is 0 Å². The van der Waals surface area contributed by atoms with Crippen LogP contribution >= 0.6 is 15.9 Å². The topological polar surface area (TPSA) is 58.2 Å². The highest BCUT2D eigenvalue weighted by Crippen LogP contribution is 2.19. The molecule has 1 saturated heterocycles. The molecule has 0 aromatic heterocycles. The van der Waals surface area contributed by atoms with Gasteiger partial charge >= 0.3 is 0 Å². The van der Waals surface area contributed by atoms with Gasteiger partial charge in [-0.05, 0) is 53.5 Å². The monoisotopic (exact) mass is 336 g/mol. The van der Waals surface area contributed by atoms with Crippen molar-refractivity contribution in [3.8, 4) is 0 Å². The van der Waals surface area contributed by atoms with Gasteiger partial charge in [0.25, 0.3) is 0 Å². The molecule has 1 aliphatic heterocycles. The first-order valence-corrected chi connectivity index (χ1v) is 7.95. The van der Waals surface area contributed by atoms with E-state index in [-0.39, 0.29) is 15.4 Å². The summed E-state index contributed by atoms with van der Waals surface area (Å²) in [6.45, 7) is 1.52. The molecule has 7 heteroatoms. The molecule has 0 aliphatic carbocycles. The highest BCUT2D eigenvalue weighted by Gasteiger charge is 2.22. The molecular weight excluding hydrogens is 323 g/mol. The number of hydrogen-bond acceptors (Lipinski definition) is 3. The van der Waals surface area contributed by atoms with Gasteiger partial charge < -0.3 is 5.32 Å². The standard InChI is InChI=1S/C11H14BrFN2O2S/c12-10-4-3-9(6-11(10)13)18(16,17)15-8-2-1-5-14-7-8/h3-4,6,8,14-15H,1-2,5,7H2/t8-/m1/s1. The maximum atomic E-state index is 13.3. The molecule has 2 N–H and O–H groups in total. The number of rotatable bonds is 3. The average molecular weight is 337 g/mol. The lowest BCUT2D eigenvalue weighted by Gasteiger charge is -2.23. The Morgan fingerprint density at radius 2 is 2.22 bits per heavy atom. The number of benzene rings is 1. The first kappa shape index (κ1) is 13.9. The lowest BCUT2D eigenvalue weighted by molar-refractivity contribution is 0.428. The Bertz CT molecular complexity index is 530. The summed E-state index contributed by atoms with van der Waals surface area (Å²) in [5, 5.41) is 3.12. The first-order valence-electron chi connectivity index (χ1n) is 5.67. The summed E-state index contributed by atoms with van der Waals surface area (Å²) < 4.78 is 40.3. The molecule has 1 aromatic carbocycles. The maximum absolute atomic E-state index is 13.3. The van der Waals surface area contributed by atoms with Crippen molar-refractivity contribution >= 4 is 26.0 Å². The second-order valence-corrected chi connectivity index (χ2v) is 6.81. The van der Waals surface area contributed by atoms with E-state index in [9.17, 15) is 12.8 Å². The molecule has 0 radical (unpaired) electrons. The highest BCUT2D eigenvalue weighted by molar-refractivity contribution is 9.10. The molecule has 18 heavy (non-hydrogen) atoms. The minimum atomic E-state index is -3.65. The van der Waals surface area contributed by atoms with Crippen molar-refractivity contribution in [2.75, 3.05) is 13.1 Å². The van der Waals surface area contributed by atoms with Gasteiger partial charge in [0.05, 0.1) is 9.37 Å². The van der Waals surface area contributed by atoms with Crippen molar-refractivity contribution in [2.45, 2.75) is 23.8 Å². The van der Waals surface area contributed by atoms with Crippen LogP contribution in [0.4, 0.5) is 4.39 Å². The fourth-order valence-corrected chi connectivity index (χ4v) is 3.41. The number of sulfonamides is 1. The van der Waals surface area contributed by atoms with E-state index in [1.165, 1.54) is 12.1 Å². The van der Waals surface area contributed by atoms with Crippen molar-refractivity contribution in [3.05, 3.63) is 28.5 Å². The third-order valence-electron chi connectivity index (χ3n) is 2.82. The largest absolute Gasteiger partial charge is 0.315 e. The van der Waals surface area contributed by atoms with Crippen LogP contribution in [0.2, 0.25) is 0 Å². The van der Waals surface area contributed by atoms with Crippen molar-refractivity contribution in [1.82, 2.24) is 10.0 Å². The van der Waals surface area contributed by atoms with Crippen LogP contribution in [0.5, 0.6) is 0 Å². The summed E-state index contributed by atoms with van der Waals surface area (Å²) in [6.07, 6.45) is 1.73. The summed E-state index contributed by atoms with van der Waals surface area (Å²) in [5.41, 5.74) is 0. The van der Waals surface area contributed by atoms with Crippen molar-refractivity contribution < 1.29 is 12.8 Å². The van der Waals surface area contributed by atoms with Crippen LogP contribution < -0.4 is 10.0 Å². The van der Waals surface area contributed by atoms with Crippen LogP contribution in [0, 0.1) is 5.82 Å².